The average Bonchev–Trinajstić information content (AvgIpc) is 3.49. The Morgan fingerprint density at radius 1 is 1.00 bits per heavy atom. The van der Waals surface area contributed by atoms with Crippen molar-refractivity contribution in [3.63, 3.8) is 0 Å². The molecule has 5 aliphatic carbocycles. The van der Waals surface area contributed by atoms with Crippen LogP contribution in [-0.4, -0.2) is 17.4 Å². The standard InChI is InChI=1S/C25H31N3O/c29-24(14-25-11-17-8-18(12-25)10-19(9-17)13-25)28-22-3-1-2-21-20(22)6-7-23(27-21)26-15-16-4-5-16/h1-3,6-7,16-19H,4-5,8-15H2,(H,26,27)(H,28,29). The maximum atomic E-state index is 13.0. The number of aromatic nitrogens is 1. The lowest BCUT2D eigenvalue weighted by Gasteiger charge is -2.56. The van der Waals surface area contributed by atoms with E-state index in [2.05, 4.69) is 16.7 Å². The Morgan fingerprint density at radius 3 is 2.41 bits per heavy atom. The summed E-state index contributed by atoms with van der Waals surface area (Å²) in [5.74, 6) is 4.60. The van der Waals surface area contributed by atoms with E-state index in [9.17, 15) is 4.79 Å². The molecule has 2 N–H and O–H groups in total. The van der Waals surface area contributed by atoms with E-state index in [0.29, 0.717) is 6.42 Å². The number of fused-ring (bicyclic) bond motifs is 1. The fourth-order valence-corrected chi connectivity index (χ4v) is 6.97. The van der Waals surface area contributed by atoms with Gasteiger partial charge in [-0.2, -0.15) is 0 Å². The molecule has 4 heteroatoms. The number of benzene rings is 1. The Balaban J connectivity index is 1.17. The largest absolute Gasteiger partial charge is 0.370 e. The third-order valence-electron chi connectivity index (χ3n) is 7.98. The molecule has 5 saturated carbocycles. The van der Waals surface area contributed by atoms with Crippen molar-refractivity contribution in [1.29, 1.82) is 0 Å². The zero-order valence-electron chi connectivity index (χ0n) is 17.1. The summed E-state index contributed by atoms with van der Waals surface area (Å²) in [6.07, 6.45) is 11.5. The molecule has 1 heterocycles. The molecule has 4 bridgehead atoms. The monoisotopic (exact) mass is 389 g/mol. The maximum absolute atomic E-state index is 13.0. The van der Waals surface area contributed by atoms with E-state index in [1.807, 2.05) is 24.3 Å². The van der Waals surface area contributed by atoms with Crippen LogP contribution >= 0.6 is 0 Å². The predicted molar refractivity (Wildman–Crippen MR) is 117 cm³/mol. The fourth-order valence-electron chi connectivity index (χ4n) is 6.97. The lowest BCUT2D eigenvalue weighted by molar-refractivity contribution is -0.124. The minimum Gasteiger partial charge on any atom is -0.370 e. The number of anilines is 2. The molecule has 0 atom stereocenters. The van der Waals surface area contributed by atoms with Crippen LogP contribution in [0.3, 0.4) is 0 Å². The van der Waals surface area contributed by atoms with Crippen LogP contribution in [0.1, 0.15) is 57.8 Å². The van der Waals surface area contributed by atoms with Gasteiger partial charge in [-0.15, -0.1) is 0 Å². The van der Waals surface area contributed by atoms with Crippen molar-refractivity contribution in [2.24, 2.45) is 29.1 Å². The van der Waals surface area contributed by atoms with Crippen molar-refractivity contribution in [2.45, 2.75) is 57.8 Å². The molecule has 5 fully saturated rings. The fraction of sp³-hybridized carbons (Fsp3) is 0.600. The van der Waals surface area contributed by atoms with Crippen LogP contribution in [0.4, 0.5) is 11.5 Å². The van der Waals surface area contributed by atoms with Gasteiger partial charge in [0.2, 0.25) is 5.91 Å². The molecule has 7 rings (SSSR count). The first-order valence-electron chi connectivity index (χ1n) is 11.6. The Morgan fingerprint density at radius 2 is 1.72 bits per heavy atom. The van der Waals surface area contributed by atoms with Gasteiger partial charge < -0.3 is 10.6 Å². The third-order valence-corrected chi connectivity index (χ3v) is 7.98. The zero-order valence-corrected chi connectivity index (χ0v) is 17.1. The summed E-state index contributed by atoms with van der Waals surface area (Å²) in [6, 6.07) is 10.2. The van der Waals surface area contributed by atoms with Gasteiger partial charge in [-0.05, 0) is 105 Å². The second-order valence-electron chi connectivity index (χ2n) is 10.5. The van der Waals surface area contributed by atoms with Gasteiger partial charge in [-0.3, -0.25) is 4.79 Å². The Bertz CT molecular complexity index is 913. The van der Waals surface area contributed by atoms with Gasteiger partial charge in [0.15, 0.2) is 0 Å². The van der Waals surface area contributed by atoms with Crippen molar-refractivity contribution in [1.82, 2.24) is 4.98 Å². The number of nitrogens with one attached hydrogen (secondary N) is 2. The van der Waals surface area contributed by atoms with Crippen LogP contribution in [0.5, 0.6) is 0 Å². The molecular weight excluding hydrogens is 358 g/mol. The summed E-state index contributed by atoms with van der Waals surface area (Å²) in [4.78, 5) is 17.8. The molecule has 29 heavy (non-hydrogen) atoms. The first-order chi connectivity index (χ1) is 14.1. The van der Waals surface area contributed by atoms with E-state index in [1.54, 1.807) is 0 Å². The number of hydrogen-bond donors (Lipinski definition) is 2. The number of carbonyl (C=O) groups excluding carboxylic acids is 1. The molecule has 1 aromatic carbocycles. The van der Waals surface area contributed by atoms with Crippen LogP contribution < -0.4 is 10.6 Å². The first-order valence-corrected chi connectivity index (χ1v) is 11.6. The van der Waals surface area contributed by atoms with Gasteiger partial charge >= 0.3 is 0 Å². The SMILES string of the molecule is O=C(CC12CC3CC(CC(C3)C1)C2)Nc1cccc2nc(NCC3CC3)ccc12. The molecule has 0 spiro atoms. The van der Waals surface area contributed by atoms with Crippen LogP contribution in [0.2, 0.25) is 0 Å². The second kappa shape index (κ2) is 6.72. The first kappa shape index (κ1) is 17.7. The summed E-state index contributed by atoms with van der Waals surface area (Å²) in [5, 5.41) is 7.72. The molecule has 0 aliphatic heterocycles. The van der Waals surface area contributed by atoms with Crippen molar-refractivity contribution in [2.75, 3.05) is 17.2 Å². The van der Waals surface area contributed by atoms with Crippen LogP contribution in [0, 0.1) is 29.1 Å². The zero-order chi connectivity index (χ0) is 19.4. The van der Waals surface area contributed by atoms with Gasteiger partial charge in [0, 0.05) is 18.4 Å². The van der Waals surface area contributed by atoms with Crippen molar-refractivity contribution >= 4 is 28.3 Å². The summed E-state index contributed by atoms with van der Waals surface area (Å²) >= 11 is 0. The normalized spacial score (nSPS) is 32.5. The van der Waals surface area contributed by atoms with Crippen molar-refractivity contribution in [3.05, 3.63) is 30.3 Å². The molecule has 0 saturated heterocycles. The van der Waals surface area contributed by atoms with E-state index in [4.69, 9.17) is 4.98 Å². The highest BCUT2D eigenvalue weighted by Crippen LogP contribution is 2.61. The Kier molecular flexibility index (Phi) is 4.11. The van der Waals surface area contributed by atoms with Gasteiger partial charge in [-0.25, -0.2) is 4.98 Å². The van der Waals surface area contributed by atoms with Gasteiger partial charge in [-0.1, -0.05) is 6.07 Å². The molecule has 4 nitrogen and oxygen atoms in total. The maximum Gasteiger partial charge on any atom is 0.224 e. The molecular formula is C25H31N3O. The molecule has 1 aromatic heterocycles. The molecule has 152 valence electrons. The van der Waals surface area contributed by atoms with E-state index in [1.165, 1.54) is 51.4 Å². The highest BCUT2D eigenvalue weighted by Gasteiger charge is 2.51. The Hall–Kier alpha value is -2.10. The second-order valence-corrected chi connectivity index (χ2v) is 10.5. The summed E-state index contributed by atoms with van der Waals surface area (Å²) < 4.78 is 0. The number of amides is 1. The lowest BCUT2D eigenvalue weighted by atomic mass is 9.49. The minimum atomic E-state index is 0.190. The molecule has 0 radical (unpaired) electrons. The number of carbonyl (C=O) groups is 1. The van der Waals surface area contributed by atoms with Crippen molar-refractivity contribution in [3.8, 4) is 0 Å². The average molecular weight is 390 g/mol. The van der Waals surface area contributed by atoms with Crippen LogP contribution in [-0.2, 0) is 4.79 Å². The van der Waals surface area contributed by atoms with Crippen LogP contribution in [0.25, 0.3) is 10.9 Å². The van der Waals surface area contributed by atoms with E-state index in [0.717, 1.165) is 52.6 Å². The summed E-state index contributed by atoms with van der Waals surface area (Å²) in [6.45, 7) is 1.01. The number of hydrogen-bond acceptors (Lipinski definition) is 3. The smallest absolute Gasteiger partial charge is 0.224 e. The van der Waals surface area contributed by atoms with Crippen molar-refractivity contribution < 1.29 is 4.79 Å². The van der Waals surface area contributed by atoms with E-state index >= 15 is 0 Å². The third kappa shape index (κ3) is 3.51. The topological polar surface area (TPSA) is 54.0 Å². The van der Waals surface area contributed by atoms with Gasteiger partial charge in [0.1, 0.15) is 5.82 Å². The molecule has 0 unspecified atom stereocenters. The molecule has 5 aliphatic rings. The minimum absolute atomic E-state index is 0.190. The van der Waals surface area contributed by atoms with E-state index < -0.39 is 0 Å². The Labute approximate surface area is 172 Å². The highest BCUT2D eigenvalue weighted by atomic mass is 16.1. The quantitative estimate of drug-likeness (QED) is 0.676. The number of rotatable bonds is 6. The van der Waals surface area contributed by atoms with E-state index in [-0.39, 0.29) is 11.3 Å². The molecule has 2 aromatic rings. The van der Waals surface area contributed by atoms with Crippen LogP contribution in [0.15, 0.2) is 30.3 Å². The van der Waals surface area contributed by atoms with Gasteiger partial charge in [0.25, 0.3) is 0 Å². The van der Waals surface area contributed by atoms with Gasteiger partial charge in [0.05, 0.1) is 11.2 Å². The lowest BCUT2D eigenvalue weighted by Crippen LogP contribution is -2.47. The number of pyridine rings is 1. The summed E-state index contributed by atoms with van der Waals surface area (Å²) in [7, 11) is 0. The number of nitrogens with zero attached hydrogens (tertiary/aromatic N) is 1. The predicted octanol–water partition coefficient (Wildman–Crippen LogP) is 5.60. The molecule has 1 amide bonds. The summed E-state index contributed by atoms with van der Waals surface area (Å²) in [5.41, 5.74) is 2.12. The highest BCUT2D eigenvalue weighted by molar-refractivity contribution is 6.01.